The van der Waals surface area contributed by atoms with E-state index in [4.69, 9.17) is 5.26 Å². The summed E-state index contributed by atoms with van der Waals surface area (Å²) in [6, 6.07) is 17.1. The smallest absolute Gasteiger partial charge is 0.313 e. The summed E-state index contributed by atoms with van der Waals surface area (Å²) in [4.78, 5) is 27.7. The second kappa shape index (κ2) is 10.0. The highest BCUT2D eigenvalue weighted by Gasteiger charge is 2.30. The van der Waals surface area contributed by atoms with Gasteiger partial charge in [-0.15, -0.1) is 0 Å². The number of hydrogen-bond acceptors (Lipinski definition) is 3. The molecular formula is C23H29N5O2+2. The van der Waals surface area contributed by atoms with Crippen LogP contribution in [0.1, 0.15) is 22.7 Å². The van der Waals surface area contributed by atoms with E-state index in [1.165, 1.54) is 15.4 Å². The zero-order valence-electron chi connectivity index (χ0n) is 17.5. The summed E-state index contributed by atoms with van der Waals surface area (Å²) >= 11 is 0. The quantitative estimate of drug-likeness (QED) is 0.483. The van der Waals surface area contributed by atoms with Gasteiger partial charge in [-0.25, -0.2) is 0 Å². The summed E-state index contributed by atoms with van der Waals surface area (Å²) in [5.41, 5.74) is 3.00. The number of para-hydroxylation sites is 1. The first kappa shape index (κ1) is 21.5. The van der Waals surface area contributed by atoms with Gasteiger partial charge in [0.25, 0.3) is 0 Å². The van der Waals surface area contributed by atoms with Crippen LogP contribution < -0.4 is 20.4 Å². The van der Waals surface area contributed by atoms with Crippen LogP contribution in [0.3, 0.4) is 0 Å². The summed E-state index contributed by atoms with van der Waals surface area (Å²) in [7, 11) is 2.20. The minimum atomic E-state index is -0.766. The first-order valence-corrected chi connectivity index (χ1v) is 10.3. The Labute approximate surface area is 177 Å². The number of likely N-dealkylation sites (N-methyl/N-ethyl adjacent to an activating group) is 1. The fourth-order valence-electron chi connectivity index (χ4n) is 3.79. The Kier molecular flexibility index (Phi) is 7.17. The monoisotopic (exact) mass is 407 g/mol. The van der Waals surface area contributed by atoms with E-state index in [1.807, 2.05) is 6.07 Å². The fraction of sp³-hybridized carbons (Fsp3) is 0.348. The Morgan fingerprint density at radius 3 is 2.37 bits per heavy atom. The number of nitriles is 1. The third-order valence-corrected chi connectivity index (χ3v) is 5.69. The second-order valence-corrected chi connectivity index (χ2v) is 7.90. The molecule has 2 amide bonds. The zero-order chi connectivity index (χ0) is 21.5. The van der Waals surface area contributed by atoms with Gasteiger partial charge in [-0.3, -0.25) is 9.59 Å². The SMILES string of the molecule is Cc1ccc([C@@H](CNC(=O)C(=O)Nc2ccccc2C#N)[NH+]2CC[NH+](C)CC2)cc1. The van der Waals surface area contributed by atoms with E-state index in [1.54, 1.807) is 24.3 Å². The van der Waals surface area contributed by atoms with E-state index in [2.05, 4.69) is 48.9 Å². The molecule has 1 aliphatic heterocycles. The number of aryl methyl sites for hydroxylation is 1. The minimum absolute atomic E-state index is 0.0850. The molecule has 0 saturated carbocycles. The number of amides is 2. The van der Waals surface area contributed by atoms with Crippen molar-refractivity contribution in [2.75, 3.05) is 45.1 Å². The Hall–Kier alpha value is -3.21. The van der Waals surface area contributed by atoms with Crippen LogP contribution in [0.15, 0.2) is 48.5 Å². The topological polar surface area (TPSA) is 90.9 Å². The highest BCUT2D eigenvalue weighted by atomic mass is 16.2. The predicted octanol–water partition coefficient (Wildman–Crippen LogP) is -0.924. The van der Waals surface area contributed by atoms with Gasteiger partial charge in [0.15, 0.2) is 0 Å². The number of quaternary nitrogens is 2. The number of hydrogen-bond donors (Lipinski definition) is 4. The molecule has 7 heteroatoms. The normalized spacial score (nSPS) is 19.4. The van der Waals surface area contributed by atoms with E-state index >= 15 is 0 Å². The van der Waals surface area contributed by atoms with Crippen LogP contribution in [-0.4, -0.2) is 51.6 Å². The van der Waals surface area contributed by atoms with Gasteiger partial charge in [-0.2, -0.15) is 5.26 Å². The third-order valence-electron chi connectivity index (χ3n) is 5.69. The van der Waals surface area contributed by atoms with Crippen molar-refractivity contribution in [3.63, 3.8) is 0 Å². The van der Waals surface area contributed by atoms with Gasteiger partial charge in [0.2, 0.25) is 0 Å². The van der Waals surface area contributed by atoms with Crippen molar-refractivity contribution in [1.82, 2.24) is 5.32 Å². The van der Waals surface area contributed by atoms with Crippen molar-refractivity contribution in [3.05, 3.63) is 65.2 Å². The highest BCUT2D eigenvalue weighted by Crippen LogP contribution is 2.13. The number of anilines is 1. The molecule has 0 radical (unpaired) electrons. The van der Waals surface area contributed by atoms with E-state index in [0.717, 1.165) is 31.7 Å². The van der Waals surface area contributed by atoms with Crippen LogP contribution in [0.4, 0.5) is 5.69 Å². The molecule has 0 aliphatic carbocycles. The molecule has 1 aliphatic rings. The van der Waals surface area contributed by atoms with Crippen molar-refractivity contribution < 1.29 is 19.4 Å². The molecular weight excluding hydrogens is 378 g/mol. The van der Waals surface area contributed by atoms with Crippen LogP contribution in [-0.2, 0) is 9.59 Å². The average Bonchev–Trinajstić information content (AvgIpc) is 2.76. The molecule has 2 aromatic rings. The lowest BCUT2D eigenvalue weighted by Gasteiger charge is -2.33. The van der Waals surface area contributed by atoms with Crippen molar-refractivity contribution >= 4 is 17.5 Å². The average molecular weight is 408 g/mol. The molecule has 30 heavy (non-hydrogen) atoms. The van der Waals surface area contributed by atoms with Gasteiger partial charge in [0, 0.05) is 5.56 Å². The predicted molar refractivity (Wildman–Crippen MR) is 114 cm³/mol. The second-order valence-electron chi connectivity index (χ2n) is 7.90. The molecule has 0 aromatic heterocycles. The maximum Gasteiger partial charge on any atom is 0.313 e. The van der Waals surface area contributed by atoms with Gasteiger partial charge in [-0.1, -0.05) is 42.0 Å². The van der Waals surface area contributed by atoms with Gasteiger partial charge >= 0.3 is 11.8 Å². The van der Waals surface area contributed by atoms with Gasteiger partial charge in [-0.05, 0) is 19.1 Å². The van der Waals surface area contributed by atoms with Crippen molar-refractivity contribution in [2.45, 2.75) is 13.0 Å². The lowest BCUT2D eigenvalue weighted by molar-refractivity contribution is -1.02. The Balaban J connectivity index is 1.67. The number of piperazine rings is 1. The Bertz CT molecular complexity index is 927. The molecule has 1 heterocycles. The summed E-state index contributed by atoms with van der Waals surface area (Å²) in [6.45, 7) is 6.62. The number of benzene rings is 2. The molecule has 4 N–H and O–H groups in total. The number of carbonyl (C=O) groups is 2. The van der Waals surface area contributed by atoms with E-state index in [0.29, 0.717) is 17.8 Å². The van der Waals surface area contributed by atoms with Crippen molar-refractivity contribution in [1.29, 1.82) is 5.26 Å². The fourth-order valence-corrected chi connectivity index (χ4v) is 3.79. The minimum Gasteiger partial charge on any atom is -0.341 e. The maximum atomic E-state index is 12.5. The molecule has 0 spiro atoms. The summed E-state index contributed by atoms with van der Waals surface area (Å²) in [6.07, 6.45) is 0. The van der Waals surface area contributed by atoms with Crippen LogP contribution in [0.25, 0.3) is 0 Å². The van der Waals surface area contributed by atoms with Crippen molar-refractivity contribution in [2.24, 2.45) is 0 Å². The molecule has 7 nitrogen and oxygen atoms in total. The molecule has 156 valence electrons. The first-order chi connectivity index (χ1) is 14.5. The van der Waals surface area contributed by atoms with Crippen molar-refractivity contribution in [3.8, 4) is 6.07 Å². The number of nitrogens with zero attached hydrogens (tertiary/aromatic N) is 1. The van der Waals surface area contributed by atoms with E-state index in [9.17, 15) is 9.59 Å². The number of carbonyl (C=O) groups excluding carboxylic acids is 2. The van der Waals surface area contributed by atoms with Gasteiger partial charge in [0.05, 0.1) is 24.8 Å². The highest BCUT2D eigenvalue weighted by molar-refractivity contribution is 6.39. The molecule has 0 bridgehead atoms. The number of rotatable bonds is 5. The summed E-state index contributed by atoms with van der Waals surface area (Å²) in [5.74, 6) is -1.46. The lowest BCUT2D eigenvalue weighted by atomic mass is 10.0. The molecule has 1 saturated heterocycles. The molecule has 3 rings (SSSR count). The molecule has 1 atom stereocenters. The molecule has 0 unspecified atom stereocenters. The third kappa shape index (κ3) is 5.44. The van der Waals surface area contributed by atoms with Crippen LogP contribution >= 0.6 is 0 Å². The molecule has 2 aromatic carbocycles. The Morgan fingerprint density at radius 2 is 1.70 bits per heavy atom. The van der Waals surface area contributed by atoms with E-state index < -0.39 is 11.8 Å². The summed E-state index contributed by atoms with van der Waals surface area (Å²) in [5, 5.41) is 14.5. The Morgan fingerprint density at radius 1 is 1.03 bits per heavy atom. The van der Waals surface area contributed by atoms with Gasteiger partial charge in [0.1, 0.15) is 38.3 Å². The maximum absolute atomic E-state index is 12.5. The molecule has 1 fully saturated rings. The van der Waals surface area contributed by atoms with E-state index in [-0.39, 0.29) is 6.04 Å². The summed E-state index contributed by atoms with van der Waals surface area (Å²) < 4.78 is 0. The van der Waals surface area contributed by atoms with Crippen LogP contribution in [0.5, 0.6) is 0 Å². The largest absolute Gasteiger partial charge is 0.341 e. The van der Waals surface area contributed by atoms with Crippen LogP contribution in [0, 0.1) is 18.3 Å². The first-order valence-electron chi connectivity index (χ1n) is 10.3. The lowest BCUT2D eigenvalue weighted by Crippen LogP contribution is -3.27. The zero-order valence-corrected chi connectivity index (χ0v) is 17.5. The van der Waals surface area contributed by atoms with Crippen LogP contribution in [0.2, 0.25) is 0 Å². The number of nitrogens with one attached hydrogen (secondary N) is 4. The van der Waals surface area contributed by atoms with Gasteiger partial charge < -0.3 is 20.4 Å². The standard InChI is InChI=1S/C23H27N5O2/c1-17-7-9-18(10-8-17)21(28-13-11-27(2)12-14-28)16-25-22(29)23(30)26-20-6-4-3-5-19(20)15-24/h3-10,21H,11-14,16H2,1-2H3,(H,25,29)(H,26,30)/p+2/t21-/m1/s1.